The monoisotopic (exact) mass is 325 g/mol. The summed E-state index contributed by atoms with van der Waals surface area (Å²) >= 11 is 0. The van der Waals surface area contributed by atoms with E-state index in [1.165, 1.54) is 17.3 Å². The molecular formula is C16H18F3N3O. The lowest BCUT2D eigenvalue weighted by Gasteiger charge is -2.18. The molecule has 0 aliphatic carbocycles. The number of benzene rings is 1. The number of carbonyl (C=O) groups is 1. The molecule has 0 N–H and O–H groups in total. The Morgan fingerprint density at radius 2 is 1.91 bits per heavy atom. The molecule has 1 amide bonds. The van der Waals surface area contributed by atoms with Crippen LogP contribution in [0, 0.1) is 6.92 Å². The molecule has 2 aromatic rings. The maximum Gasteiger partial charge on any atom is 0.406 e. The molecule has 7 heteroatoms. The van der Waals surface area contributed by atoms with Gasteiger partial charge < -0.3 is 9.47 Å². The lowest BCUT2D eigenvalue weighted by atomic mass is 10.1. The zero-order chi connectivity index (χ0) is 17.0. The molecule has 2 rings (SSSR count). The Bertz CT molecular complexity index is 662. The Kier molecular flexibility index (Phi) is 5.08. The van der Waals surface area contributed by atoms with Crippen LogP contribution in [0.5, 0.6) is 0 Å². The summed E-state index contributed by atoms with van der Waals surface area (Å²) in [5.41, 5.74) is 1.97. The van der Waals surface area contributed by atoms with Gasteiger partial charge in [0.25, 0.3) is 0 Å². The Morgan fingerprint density at radius 3 is 2.52 bits per heavy atom. The second-order valence-corrected chi connectivity index (χ2v) is 5.50. The number of hydrogen-bond donors (Lipinski definition) is 0. The van der Waals surface area contributed by atoms with Gasteiger partial charge in [0, 0.05) is 19.4 Å². The van der Waals surface area contributed by atoms with Crippen molar-refractivity contribution in [3.63, 3.8) is 0 Å². The quantitative estimate of drug-likeness (QED) is 0.848. The first-order valence-corrected chi connectivity index (χ1v) is 7.11. The van der Waals surface area contributed by atoms with E-state index in [9.17, 15) is 18.0 Å². The third-order valence-electron chi connectivity index (χ3n) is 3.43. The molecule has 1 heterocycles. The zero-order valence-electron chi connectivity index (χ0n) is 13.0. The van der Waals surface area contributed by atoms with E-state index in [1.54, 1.807) is 7.05 Å². The number of alkyl halides is 3. The van der Waals surface area contributed by atoms with Gasteiger partial charge in [-0.25, -0.2) is 4.98 Å². The number of imidazole rings is 1. The molecule has 0 aliphatic rings. The van der Waals surface area contributed by atoms with E-state index in [0.717, 1.165) is 15.7 Å². The molecule has 0 bridgehead atoms. The van der Waals surface area contributed by atoms with Crippen LogP contribution < -0.4 is 0 Å². The van der Waals surface area contributed by atoms with Gasteiger partial charge >= 0.3 is 6.18 Å². The van der Waals surface area contributed by atoms with Crippen LogP contribution in [0.15, 0.2) is 36.7 Å². The van der Waals surface area contributed by atoms with Gasteiger partial charge in [-0.1, -0.05) is 29.8 Å². The highest BCUT2D eigenvalue weighted by atomic mass is 19.4. The van der Waals surface area contributed by atoms with E-state index in [0.29, 0.717) is 0 Å². The van der Waals surface area contributed by atoms with Crippen molar-refractivity contribution in [3.8, 4) is 0 Å². The number of aromatic nitrogens is 2. The molecular weight excluding hydrogens is 307 g/mol. The van der Waals surface area contributed by atoms with Crippen LogP contribution in [0.1, 0.15) is 17.0 Å². The average Bonchev–Trinajstić information content (AvgIpc) is 2.86. The van der Waals surface area contributed by atoms with Crippen molar-refractivity contribution in [2.24, 2.45) is 0 Å². The van der Waals surface area contributed by atoms with Crippen molar-refractivity contribution < 1.29 is 18.0 Å². The molecule has 0 saturated carbocycles. The number of nitrogens with zero attached hydrogens (tertiary/aromatic N) is 3. The van der Waals surface area contributed by atoms with E-state index >= 15 is 0 Å². The SMILES string of the molecule is Cc1ccc(CC(=O)N(C)Cc2nccn2CC(F)(F)F)cc1. The minimum Gasteiger partial charge on any atom is -0.338 e. The van der Waals surface area contributed by atoms with Crippen LogP contribution in [-0.4, -0.2) is 33.6 Å². The van der Waals surface area contributed by atoms with Gasteiger partial charge in [-0.2, -0.15) is 13.2 Å². The fourth-order valence-electron chi connectivity index (χ4n) is 2.14. The highest BCUT2D eigenvalue weighted by Crippen LogP contribution is 2.18. The number of carbonyl (C=O) groups excluding carboxylic acids is 1. The lowest BCUT2D eigenvalue weighted by molar-refractivity contribution is -0.141. The van der Waals surface area contributed by atoms with Crippen LogP contribution >= 0.6 is 0 Å². The summed E-state index contributed by atoms with van der Waals surface area (Å²) in [5.74, 6) is 0.0393. The topological polar surface area (TPSA) is 38.1 Å². The molecule has 1 aromatic carbocycles. The second-order valence-electron chi connectivity index (χ2n) is 5.50. The minimum absolute atomic E-state index is 0.0355. The summed E-state index contributed by atoms with van der Waals surface area (Å²) < 4.78 is 38.5. The normalized spacial score (nSPS) is 11.5. The van der Waals surface area contributed by atoms with Gasteiger partial charge in [0.1, 0.15) is 12.4 Å². The Morgan fingerprint density at radius 1 is 1.26 bits per heavy atom. The number of likely N-dealkylation sites (N-methyl/N-ethyl adjacent to an activating group) is 1. The molecule has 124 valence electrons. The smallest absolute Gasteiger partial charge is 0.338 e. The maximum absolute atomic E-state index is 12.5. The van der Waals surface area contributed by atoms with Crippen molar-refractivity contribution in [1.29, 1.82) is 0 Å². The van der Waals surface area contributed by atoms with E-state index in [4.69, 9.17) is 0 Å². The largest absolute Gasteiger partial charge is 0.406 e. The highest BCUT2D eigenvalue weighted by Gasteiger charge is 2.29. The summed E-state index contributed by atoms with van der Waals surface area (Å²) in [6, 6.07) is 7.56. The van der Waals surface area contributed by atoms with Gasteiger partial charge in [-0.15, -0.1) is 0 Å². The van der Waals surface area contributed by atoms with Gasteiger partial charge in [0.15, 0.2) is 0 Å². The number of amides is 1. The van der Waals surface area contributed by atoms with Crippen LogP contribution in [0.4, 0.5) is 13.2 Å². The average molecular weight is 325 g/mol. The van der Waals surface area contributed by atoms with Crippen molar-refractivity contribution in [1.82, 2.24) is 14.5 Å². The second kappa shape index (κ2) is 6.85. The van der Waals surface area contributed by atoms with Gasteiger partial charge in [0.2, 0.25) is 5.91 Å². The molecule has 0 unspecified atom stereocenters. The van der Waals surface area contributed by atoms with Crippen LogP contribution in [0.25, 0.3) is 0 Å². The van der Waals surface area contributed by atoms with E-state index in [1.807, 2.05) is 31.2 Å². The first kappa shape index (κ1) is 17.1. The van der Waals surface area contributed by atoms with Gasteiger partial charge in [0.05, 0.1) is 13.0 Å². The van der Waals surface area contributed by atoms with Gasteiger partial charge in [-0.3, -0.25) is 4.79 Å². The number of aryl methyl sites for hydroxylation is 1. The van der Waals surface area contributed by atoms with E-state index in [-0.39, 0.29) is 24.7 Å². The summed E-state index contributed by atoms with van der Waals surface area (Å²) in [5, 5.41) is 0. The summed E-state index contributed by atoms with van der Waals surface area (Å²) in [6.45, 7) is 0.883. The van der Waals surface area contributed by atoms with E-state index < -0.39 is 12.7 Å². The van der Waals surface area contributed by atoms with Crippen molar-refractivity contribution in [2.75, 3.05) is 7.05 Å². The molecule has 4 nitrogen and oxygen atoms in total. The number of hydrogen-bond acceptors (Lipinski definition) is 2. The van der Waals surface area contributed by atoms with Crippen LogP contribution in [0.3, 0.4) is 0 Å². The van der Waals surface area contributed by atoms with Crippen molar-refractivity contribution >= 4 is 5.91 Å². The molecule has 1 aromatic heterocycles. The third kappa shape index (κ3) is 5.12. The van der Waals surface area contributed by atoms with Crippen LogP contribution in [0.2, 0.25) is 0 Å². The zero-order valence-corrected chi connectivity index (χ0v) is 13.0. The fourth-order valence-corrected chi connectivity index (χ4v) is 2.14. The minimum atomic E-state index is -4.32. The maximum atomic E-state index is 12.5. The van der Waals surface area contributed by atoms with Gasteiger partial charge in [-0.05, 0) is 12.5 Å². The fraction of sp³-hybridized carbons (Fsp3) is 0.375. The Balaban J connectivity index is 1.99. The predicted molar refractivity (Wildman–Crippen MR) is 79.6 cm³/mol. The molecule has 0 spiro atoms. The molecule has 0 atom stereocenters. The molecule has 0 fully saturated rings. The summed E-state index contributed by atoms with van der Waals surface area (Å²) in [4.78, 5) is 17.5. The predicted octanol–water partition coefficient (Wildman–Crippen LogP) is 2.95. The Labute approximate surface area is 132 Å². The number of halogens is 3. The standard InChI is InChI=1S/C16H18F3N3O/c1-12-3-5-13(6-4-12)9-15(23)21(2)10-14-20-7-8-22(14)11-16(17,18)19/h3-8H,9-11H2,1-2H3. The van der Waals surface area contributed by atoms with Crippen molar-refractivity contribution in [2.45, 2.75) is 32.6 Å². The molecule has 0 saturated heterocycles. The highest BCUT2D eigenvalue weighted by molar-refractivity contribution is 5.78. The first-order valence-electron chi connectivity index (χ1n) is 7.11. The third-order valence-corrected chi connectivity index (χ3v) is 3.43. The van der Waals surface area contributed by atoms with E-state index in [2.05, 4.69) is 4.98 Å². The first-order chi connectivity index (χ1) is 10.7. The van der Waals surface area contributed by atoms with Crippen LogP contribution in [-0.2, 0) is 24.3 Å². The molecule has 23 heavy (non-hydrogen) atoms. The summed E-state index contributed by atoms with van der Waals surface area (Å²) in [7, 11) is 1.56. The number of rotatable bonds is 5. The summed E-state index contributed by atoms with van der Waals surface area (Å²) in [6.07, 6.45) is -1.54. The molecule has 0 aliphatic heterocycles. The molecule has 0 radical (unpaired) electrons. The lowest BCUT2D eigenvalue weighted by Crippen LogP contribution is -2.30. The Hall–Kier alpha value is -2.31. The van der Waals surface area contributed by atoms with Crippen molar-refractivity contribution in [3.05, 3.63) is 53.6 Å².